The Morgan fingerprint density at radius 3 is 2.90 bits per heavy atom. The number of nitrogens with zero attached hydrogens (tertiary/aromatic N) is 4. The fourth-order valence-corrected chi connectivity index (χ4v) is 3.66. The van der Waals surface area contributed by atoms with Crippen LogP contribution in [0.4, 0.5) is 0 Å². The lowest BCUT2D eigenvalue weighted by molar-refractivity contribution is 0.196. The Morgan fingerprint density at radius 1 is 1.45 bits per heavy atom. The standard InChI is InChI=1S/C13H24N4O2S/c1-15(9-10-16-7-4-6-14-16)11-13-5-3-8-17(12-13)20(2,18)19/h4,6-7,13H,3,5,8-12H2,1-2H3/t13-/m1/s1. The lowest BCUT2D eigenvalue weighted by Gasteiger charge is -2.33. The van der Waals surface area contributed by atoms with Crippen LogP contribution in [0.1, 0.15) is 12.8 Å². The summed E-state index contributed by atoms with van der Waals surface area (Å²) in [5.41, 5.74) is 0. The second kappa shape index (κ2) is 6.69. The Morgan fingerprint density at radius 2 is 2.25 bits per heavy atom. The van der Waals surface area contributed by atoms with Crippen molar-refractivity contribution in [3.8, 4) is 0 Å². The van der Waals surface area contributed by atoms with E-state index in [1.54, 1.807) is 10.5 Å². The van der Waals surface area contributed by atoms with Crippen molar-refractivity contribution in [1.82, 2.24) is 19.0 Å². The third-order valence-electron chi connectivity index (χ3n) is 3.79. The van der Waals surface area contributed by atoms with Gasteiger partial charge in [0.25, 0.3) is 0 Å². The van der Waals surface area contributed by atoms with E-state index in [9.17, 15) is 8.42 Å². The SMILES string of the molecule is CN(CCn1cccn1)C[C@H]1CCCN(S(C)(=O)=O)C1. The van der Waals surface area contributed by atoms with Gasteiger partial charge in [-0.1, -0.05) is 0 Å². The molecule has 1 fully saturated rings. The Labute approximate surface area is 121 Å². The van der Waals surface area contributed by atoms with E-state index in [1.165, 1.54) is 6.26 Å². The van der Waals surface area contributed by atoms with Gasteiger partial charge < -0.3 is 4.90 Å². The lowest BCUT2D eigenvalue weighted by Crippen LogP contribution is -2.43. The summed E-state index contributed by atoms with van der Waals surface area (Å²) in [6.45, 7) is 4.06. The maximum atomic E-state index is 11.6. The molecule has 1 aromatic rings. The summed E-state index contributed by atoms with van der Waals surface area (Å²) in [5.74, 6) is 0.432. The molecule has 7 heteroatoms. The molecule has 1 saturated heterocycles. The van der Waals surface area contributed by atoms with Gasteiger partial charge in [-0.05, 0) is 31.9 Å². The Bertz CT molecular complexity index is 500. The molecule has 20 heavy (non-hydrogen) atoms. The second-order valence-electron chi connectivity index (χ2n) is 5.66. The highest BCUT2D eigenvalue weighted by Gasteiger charge is 2.26. The predicted molar refractivity (Wildman–Crippen MR) is 78.9 cm³/mol. The van der Waals surface area contributed by atoms with E-state index in [1.807, 2.05) is 16.9 Å². The van der Waals surface area contributed by atoms with Gasteiger partial charge in [0.05, 0.1) is 12.8 Å². The Kier molecular flexibility index (Phi) is 5.17. The van der Waals surface area contributed by atoms with Crippen LogP contribution in [0, 0.1) is 5.92 Å². The fourth-order valence-electron chi connectivity index (χ4n) is 2.72. The zero-order valence-corrected chi connectivity index (χ0v) is 13.1. The average Bonchev–Trinajstić information content (AvgIpc) is 2.89. The van der Waals surface area contributed by atoms with E-state index in [0.717, 1.165) is 32.5 Å². The molecule has 2 heterocycles. The minimum absolute atomic E-state index is 0.432. The molecule has 0 saturated carbocycles. The molecule has 1 aliphatic heterocycles. The summed E-state index contributed by atoms with van der Waals surface area (Å²) in [6.07, 6.45) is 7.12. The van der Waals surface area contributed by atoms with Crippen LogP contribution < -0.4 is 0 Å². The van der Waals surface area contributed by atoms with Crippen molar-refractivity contribution in [2.45, 2.75) is 19.4 Å². The third kappa shape index (κ3) is 4.57. The van der Waals surface area contributed by atoms with Gasteiger partial charge in [0.15, 0.2) is 0 Å². The number of hydrogen-bond donors (Lipinski definition) is 0. The molecule has 1 aromatic heterocycles. The van der Waals surface area contributed by atoms with Gasteiger partial charge in [-0.25, -0.2) is 12.7 Å². The molecule has 2 rings (SSSR count). The van der Waals surface area contributed by atoms with Crippen molar-refractivity contribution in [1.29, 1.82) is 0 Å². The topological polar surface area (TPSA) is 58.4 Å². The highest BCUT2D eigenvalue weighted by Crippen LogP contribution is 2.19. The number of aromatic nitrogens is 2. The van der Waals surface area contributed by atoms with E-state index in [4.69, 9.17) is 0 Å². The number of likely N-dealkylation sites (N-methyl/N-ethyl adjacent to an activating group) is 1. The van der Waals surface area contributed by atoms with Gasteiger partial charge >= 0.3 is 0 Å². The maximum Gasteiger partial charge on any atom is 0.211 e. The van der Waals surface area contributed by atoms with Crippen LogP contribution >= 0.6 is 0 Å². The molecule has 0 aromatic carbocycles. The van der Waals surface area contributed by atoms with E-state index < -0.39 is 10.0 Å². The van der Waals surface area contributed by atoms with Gasteiger partial charge in [0.2, 0.25) is 10.0 Å². The van der Waals surface area contributed by atoms with Crippen LogP contribution in [-0.2, 0) is 16.6 Å². The normalized spacial score (nSPS) is 21.4. The number of sulfonamides is 1. The van der Waals surface area contributed by atoms with Gasteiger partial charge in [-0.3, -0.25) is 4.68 Å². The van der Waals surface area contributed by atoms with Crippen molar-refractivity contribution >= 4 is 10.0 Å². The first-order valence-corrected chi connectivity index (χ1v) is 8.91. The van der Waals surface area contributed by atoms with Crippen molar-refractivity contribution < 1.29 is 8.42 Å². The van der Waals surface area contributed by atoms with Crippen LogP contribution in [0.5, 0.6) is 0 Å². The first-order chi connectivity index (χ1) is 9.45. The summed E-state index contributed by atoms with van der Waals surface area (Å²) in [6, 6.07) is 1.92. The summed E-state index contributed by atoms with van der Waals surface area (Å²) >= 11 is 0. The summed E-state index contributed by atoms with van der Waals surface area (Å²) < 4.78 is 26.7. The van der Waals surface area contributed by atoms with Crippen LogP contribution in [0.3, 0.4) is 0 Å². The maximum absolute atomic E-state index is 11.6. The van der Waals surface area contributed by atoms with Crippen molar-refractivity contribution in [2.75, 3.05) is 39.5 Å². The van der Waals surface area contributed by atoms with E-state index in [2.05, 4.69) is 17.0 Å². The molecule has 0 radical (unpaired) electrons. The zero-order chi connectivity index (χ0) is 14.6. The quantitative estimate of drug-likeness (QED) is 0.767. The molecule has 0 unspecified atom stereocenters. The van der Waals surface area contributed by atoms with Crippen molar-refractivity contribution in [2.24, 2.45) is 5.92 Å². The average molecular weight is 300 g/mol. The molecule has 6 nitrogen and oxygen atoms in total. The number of hydrogen-bond acceptors (Lipinski definition) is 4. The molecular formula is C13H24N4O2S. The molecule has 0 amide bonds. The van der Waals surface area contributed by atoms with Gasteiger partial charge in [0, 0.05) is 38.6 Å². The Balaban J connectivity index is 1.77. The smallest absolute Gasteiger partial charge is 0.211 e. The number of piperidine rings is 1. The summed E-state index contributed by atoms with van der Waals surface area (Å²) in [7, 11) is -0.955. The van der Waals surface area contributed by atoms with Crippen molar-refractivity contribution in [3.05, 3.63) is 18.5 Å². The molecule has 114 valence electrons. The monoisotopic (exact) mass is 300 g/mol. The first-order valence-electron chi connectivity index (χ1n) is 7.06. The van der Waals surface area contributed by atoms with Crippen LogP contribution in [0.2, 0.25) is 0 Å². The molecule has 0 bridgehead atoms. The highest BCUT2D eigenvalue weighted by atomic mass is 32.2. The minimum Gasteiger partial charge on any atom is -0.304 e. The number of rotatable bonds is 6. The first kappa shape index (κ1) is 15.5. The molecular weight excluding hydrogens is 276 g/mol. The van der Waals surface area contributed by atoms with Crippen LogP contribution in [0.25, 0.3) is 0 Å². The highest BCUT2D eigenvalue weighted by molar-refractivity contribution is 7.88. The van der Waals surface area contributed by atoms with Gasteiger partial charge in [0.1, 0.15) is 0 Å². The lowest BCUT2D eigenvalue weighted by atomic mass is 9.99. The second-order valence-corrected chi connectivity index (χ2v) is 7.64. The molecule has 1 atom stereocenters. The molecule has 0 aliphatic carbocycles. The van der Waals surface area contributed by atoms with Crippen molar-refractivity contribution in [3.63, 3.8) is 0 Å². The molecule has 0 N–H and O–H groups in total. The Hall–Kier alpha value is -0.920. The molecule has 0 spiro atoms. The van der Waals surface area contributed by atoms with Gasteiger partial charge in [-0.2, -0.15) is 5.10 Å². The largest absolute Gasteiger partial charge is 0.304 e. The van der Waals surface area contributed by atoms with E-state index in [0.29, 0.717) is 19.0 Å². The summed E-state index contributed by atoms with van der Waals surface area (Å²) in [5, 5.41) is 4.18. The van der Waals surface area contributed by atoms with Gasteiger partial charge in [-0.15, -0.1) is 0 Å². The van der Waals surface area contributed by atoms with Crippen LogP contribution in [0.15, 0.2) is 18.5 Å². The predicted octanol–water partition coefficient (Wildman–Crippen LogP) is 0.487. The third-order valence-corrected chi connectivity index (χ3v) is 5.06. The van der Waals surface area contributed by atoms with Crippen LogP contribution in [-0.4, -0.2) is 66.9 Å². The summed E-state index contributed by atoms with van der Waals surface area (Å²) in [4.78, 5) is 2.26. The van der Waals surface area contributed by atoms with E-state index >= 15 is 0 Å². The minimum atomic E-state index is -3.04. The fraction of sp³-hybridized carbons (Fsp3) is 0.769. The van der Waals surface area contributed by atoms with E-state index in [-0.39, 0.29) is 0 Å². The molecule has 1 aliphatic rings. The zero-order valence-electron chi connectivity index (χ0n) is 12.3.